The average Bonchev–Trinajstić information content (AvgIpc) is 2.94. The number of rotatable bonds is 14. The zero-order chi connectivity index (χ0) is 31.9. The van der Waals surface area contributed by atoms with Crippen LogP contribution in [0, 0.1) is 11.8 Å². The predicted molar refractivity (Wildman–Crippen MR) is 181 cm³/mol. The van der Waals surface area contributed by atoms with Gasteiger partial charge in [-0.25, -0.2) is 4.98 Å². The molecule has 0 bridgehead atoms. The van der Waals surface area contributed by atoms with E-state index in [9.17, 15) is 9.36 Å². The summed E-state index contributed by atoms with van der Waals surface area (Å²) in [4.78, 5) is 23.6. The molecule has 43 heavy (non-hydrogen) atoms. The van der Waals surface area contributed by atoms with Crippen LogP contribution in [0.1, 0.15) is 40.5 Å². The number of carbonyl (C=O) groups is 1. The first-order valence-electron chi connectivity index (χ1n) is 14.3. The van der Waals surface area contributed by atoms with Crippen LogP contribution in [-0.4, -0.2) is 48.4 Å². The van der Waals surface area contributed by atoms with Gasteiger partial charge in [-0.2, -0.15) is 4.98 Å². The number of nitrogens with one attached hydrogen (secondary N) is 2. The zero-order valence-corrected chi connectivity index (χ0v) is 27.8. The number of anilines is 5. The summed E-state index contributed by atoms with van der Waals surface area (Å²) in [6, 6.07) is 12.7. The van der Waals surface area contributed by atoms with Crippen molar-refractivity contribution < 1.29 is 14.1 Å². The van der Waals surface area contributed by atoms with Crippen molar-refractivity contribution in [1.29, 1.82) is 0 Å². The molecule has 1 amide bonds. The fraction of sp³-hybridized carbons (Fsp3) is 0.406. The monoisotopic (exact) mass is 626 g/mol. The maximum atomic E-state index is 13.0. The molecule has 2 aromatic carbocycles. The number of hydrogen-bond donors (Lipinski definition) is 3. The van der Waals surface area contributed by atoms with E-state index in [0.717, 1.165) is 6.42 Å². The number of halogens is 1. The van der Waals surface area contributed by atoms with Crippen molar-refractivity contribution in [3.8, 4) is 5.75 Å². The van der Waals surface area contributed by atoms with Crippen LogP contribution in [0.5, 0.6) is 5.75 Å². The number of nitrogens with zero attached hydrogens (tertiary/aromatic N) is 3. The second-order valence-electron chi connectivity index (χ2n) is 11.9. The highest BCUT2D eigenvalue weighted by atomic mass is 35.5. The lowest BCUT2D eigenvalue weighted by Crippen LogP contribution is -2.43. The third kappa shape index (κ3) is 9.30. The van der Waals surface area contributed by atoms with E-state index in [-0.39, 0.29) is 11.9 Å². The molecule has 0 saturated heterocycles. The van der Waals surface area contributed by atoms with E-state index in [1.807, 2.05) is 37.3 Å². The van der Waals surface area contributed by atoms with Crippen molar-refractivity contribution in [1.82, 2.24) is 9.97 Å². The van der Waals surface area contributed by atoms with Crippen molar-refractivity contribution in [2.24, 2.45) is 17.6 Å². The lowest BCUT2D eigenvalue weighted by Gasteiger charge is -2.32. The first-order valence-corrected chi connectivity index (χ1v) is 17.2. The Morgan fingerprint density at radius 1 is 1.19 bits per heavy atom. The Labute approximate surface area is 260 Å². The molecule has 1 heterocycles. The van der Waals surface area contributed by atoms with Gasteiger partial charge in [0.1, 0.15) is 17.9 Å². The Hall–Kier alpha value is -3.39. The number of aromatic nitrogens is 2. The number of hydrogen-bond acceptors (Lipinski definition) is 8. The molecule has 4 N–H and O–H groups in total. The molecule has 3 rings (SSSR count). The summed E-state index contributed by atoms with van der Waals surface area (Å²) in [5, 5.41) is 7.38. The summed E-state index contributed by atoms with van der Waals surface area (Å²) < 4.78 is 18.4. The highest BCUT2D eigenvalue weighted by Crippen LogP contribution is 2.39. The molecule has 11 heteroatoms. The molecule has 3 aromatic rings. The Morgan fingerprint density at radius 3 is 2.51 bits per heavy atom. The SMILES string of the molecule is C=CC(=O)N(CCC(C)(N)CC(C)C(C)C)c1ccc(OC)c(Nc2ncc(Cl)c(Nc3ccccc3P(C)(C)=O)n2)c1. The van der Waals surface area contributed by atoms with Gasteiger partial charge >= 0.3 is 0 Å². The molecule has 2 atom stereocenters. The molecule has 0 aliphatic rings. The number of carbonyl (C=O) groups excluding carboxylic acids is 1. The van der Waals surface area contributed by atoms with Gasteiger partial charge < -0.3 is 30.6 Å². The summed E-state index contributed by atoms with van der Waals surface area (Å²) in [7, 11) is -1.01. The van der Waals surface area contributed by atoms with E-state index in [4.69, 9.17) is 22.1 Å². The molecule has 2 unspecified atom stereocenters. The van der Waals surface area contributed by atoms with Gasteiger partial charge in [-0.15, -0.1) is 0 Å². The highest BCUT2D eigenvalue weighted by Gasteiger charge is 2.26. The number of amides is 1. The molecule has 232 valence electrons. The Bertz CT molecular complexity index is 1490. The van der Waals surface area contributed by atoms with Gasteiger partial charge in [0.25, 0.3) is 0 Å². The largest absolute Gasteiger partial charge is 0.495 e. The van der Waals surface area contributed by atoms with Crippen molar-refractivity contribution in [3.63, 3.8) is 0 Å². The van der Waals surface area contributed by atoms with Crippen LogP contribution in [0.3, 0.4) is 0 Å². The smallest absolute Gasteiger partial charge is 0.250 e. The van der Waals surface area contributed by atoms with Crippen LogP contribution in [0.25, 0.3) is 0 Å². The first-order chi connectivity index (χ1) is 20.1. The number of ether oxygens (including phenoxy) is 1. The van der Waals surface area contributed by atoms with E-state index in [1.165, 1.54) is 12.3 Å². The van der Waals surface area contributed by atoms with Crippen LogP contribution in [0.4, 0.5) is 28.8 Å². The Kier molecular flexibility index (Phi) is 11.4. The summed E-state index contributed by atoms with van der Waals surface area (Å²) in [5.41, 5.74) is 8.06. The fourth-order valence-corrected chi connectivity index (χ4v) is 5.98. The van der Waals surface area contributed by atoms with E-state index in [2.05, 4.69) is 48.0 Å². The second-order valence-corrected chi connectivity index (χ2v) is 15.5. The van der Waals surface area contributed by atoms with Crippen molar-refractivity contribution in [2.45, 2.75) is 46.1 Å². The van der Waals surface area contributed by atoms with Crippen LogP contribution in [-0.2, 0) is 9.36 Å². The standard InChI is InChI=1S/C32H44ClN6O3P/c1-9-29(40)39(17-16-32(5,34)19-22(4)21(2)3)23-14-15-27(42-6)26(18-23)37-31-35-20-24(33)30(38-31)36-25-12-10-11-13-28(25)43(7,8)41/h9-15,18,20-22H,1,16-17,19,34H2,2-8H3,(H2,35,36,37,38). The van der Waals surface area contributed by atoms with E-state index in [0.29, 0.717) is 63.8 Å². The number of para-hydroxylation sites is 1. The van der Waals surface area contributed by atoms with Crippen molar-refractivity contribution in [3.05, 3.63) is 66.3 Å². The molecule has 9 nitrogen and oxygen atoms in total. The lowest BCUT2D eigenvalue weighted by atomic mass is 9.82. The molecule has 0 aliphatic carbocycles. The van der Waals surface area contributed by atoms with Crippen LogP contribution < -0.4 is 31.3 Å². The Morgan fingerprint density at radius 2 is 1.88 bits per heavy atom. The van der Waals surface area contributed by atoms with Crippen LogP contribution in [0.2, 0.25) is 5.02 Å². The third-order valence-corrected chi connectivity index (χ3v) is 9.32. The molecule has 0 aliphatic heterocycles. The summed E-state index contributed by atoms with van der Waals surface area (Å²) in [5.74, 6) is 1.85. The van der Waals surface area contributed by atoms with Crippen LogP contribution in [0.15, 0.2) is 61.3 Å². The minimum absolute atomic E-state index is 0.235. The second kappa shape index (κ2) is 14.4. The van der Waals surface area contributed by atoms with Gasteiger partial charge in [0, 0.05) is 23.1 Å². The quantitative estimate of drug-likeness (QED) is 0.127. The minimum atomic E-state index is -2.57. The molecular weight excluding hydrogens is 583 g/mol. The van der Waals surface area contributed by atoms with E-state index in [1.54, 1.807) is 37.5 Å². The predicted octanol–water partition coefficient (Wildman–Crippen LogP) is 7.18. The summed E-state index contributed by atoms with van der Waals surface area (Å²) >= 11 is 6.44. The molecular formula is C32H44ClN6O3P. The van der Waals surface area contributed by atoms with Gasteiger partial charge in [-0.05, 0) is 81.3 Å². The number of nitrogens with two attached hydrogens (primary N) is 1. The molecule has 1 aromatic heterocycles. The van der Waals surface area contributed by atoms with Gasteiger partial charge in [-0.1, -0.05) is 51.1 Å². The van der Waals surface area contributed by atoms with Crippen LogP contribution >= 0.6 is 18.7 Å². The number of benzene rings is 2. The van der Waals surface area contributed by atoms with Crippen molar-refractivity contribution >= 4 is 58.8 Å². The third-order valence-electron chi connectivity index (χ3n) is 7.50. The first kappa shape index (κ1) is 34.1. The maximum Gasteiger partial charge on any atom is 0.250 e. The maximum absolute atomic E-state index is 13.0. The van der Waals surface area contributed by atoms with Gasteiger partial charge in [0.15, 0.2) is 5.82 Å². The average molecular weight is 627 g/mol. The zero-order valence-electron chi connectivity index (χ0n) is 26.1. The molecule has 0 saturated carbocycles. The fourth-order valence-electron chi connectivity index (χ4n) is 4.69. The molecule has 0 spiro atoms. The highest BCUT2D eigenvalue weighted by molar-refractivity contribution is 7.70. The minimum Gasteiger partial charge on any atom is -0.495 e. The lowest BCUT2D eigenvalue weighted by molar-refractivity contribution is -0.114. The van der Waals surface area contributed by atoms with E-state index >= 15 is 0 Å². The van der Waals surface area contributed by atoms with Gasteiger partial charge in [-0.3, -0.25) is 4.79 Å². The van der Waals surface area contributed by atoms with Gasteiger partial charge in [0.05, 0.1) is 24.7 Å². The molecule has 0 radical (unpaired) electrons. The van der Waals surface area contributed by atoms with Gasteiger partial charge in [0.2, 0.25) is 11.9 Å². The van der Waals surface area contributed by atoms with E-state index < -0.39 is 12.7 Å². The topological polar surface area (TPSA) is 122 Å². The normalized spacial score (nSPS) is 13.6. The Balaban J connectivity index is 1.90. The van der Waals surface area contributed by atoms with Crippen molar-refractivity contribution in [2.75, 3.05) is 42.5 Å². The number of methoxy groups -OCH3 is 1. The summed E-state index contributed by atoms with van der Waals surface area (Å²) in [6.07, 6.45) is 4.23. The summed E-state index contributed by atoms with van der Waals surface area (Å²) in [6.45, 7) is 16.2. The molecule has 0 fully saturated rings.